The molecule has 1 saturated carbocycles. The molecule has 5 nitrogen and oxygen atoms in total. The first-order chi connectivity index (χ1) is 13.2. The summed E-state index contributed by atoms with van der Waals surface area (Å²) in [5.41, 5.74) is 2.71. The second-order valence-electron chi connectivity index (χ2n) is 7.62. The summed E-state index contributed by atoms with van der Waals surface area (Å²) in [4.78, 5) is 30.5. The molecule has 2 heterocycles. The van der Waals surface area contributed by atoms with Crippen LogP contribution in [-0.2, 0) is 6.42 Å². The lowest BCUT2D eigenvalue weighted by atomic mass is 9.89. The minimum Gasteiger partial charge on any atom is -0.349 e. The third-order valence-electron chi connectivity index (χ3n) is 5.48. The Morgan fingerprint density at radius 3 is 2.22 bits per heavy atom. The van der Waals surface area contributed by atoms with E-state index in [1.165, 1.54) is 5.56 Å². The molecule has 1 aliphatic carbocycles. The molecule has 1 aliphatic heterocycles. The normalized spacial score (nSPS) is 17.6. The fourth-order valence-corrected chi connectivity index (χ4v) is 3.64. The second-order valence-corrected chi connectivity index (χ2v) is 7.62. The Morgan fingerprint density at radius 1 is 0.926 bits per heavy atom. The van der Waals surface area contributed by atoms with Crippen molar-refractivity contribution < 1.29 is 9.59 Å². The fraction of sp³-hybridized carbons (Fsp3) is 0.409. The molecule has 1 aromatic heterocycles. The van der Waals surface area contributed by atoms with Crippen molar-refractivity contribution in [2.24, 2.45) is 5.92 Å². The maximum Gasteiger partial charge on any atom is 0.253 e. The van der Waals surface area contributed by atoms with Crippen molar-refractivity contribution in [1.29, 1.82) is 0 Å². The summed E-state index contributed by atoms with van der Waals surface area (Å²) in [6.45, 7) is 1.60. The number of carbonyl (C=O) groups excluding carboxylic acids is 2. The first kappa shape index (κ1) is 17.7. The Morgan fingerprint density at radius 2 is 1.59 bits per heavy atom. The van der Waals surface area contributed by atoms with Gasteiger partial charge in [0.15, 0.2) is 0 Å². The highest BCUT2D eigenvalue weighted by atomic mass is 16.2. The molecule has 27 heavy (non-hydrogen) atoms. The van der Waals surface area contributed by atoms with E-state index >= 15 is 0 Å². The van der Waals surface area contributed by atoms with Gasteiger partial charge in [0, 0.05) is 42.7 Å². The van der Waals surface area contributed by atoms with Crippen LogP contribution in [0.1, 0.15) is 52.0 Å². The second kappa shape index (κ2) is 7.91. The minimum absolute atomic E-state index is 0.0342. The number of nitrogens with one attached hydrogen (secondary N) is 1. The van der Waals surface area contributed by atoms with Crippen LogP contribution in [-0.4, -0.2) is 40.8 Å². The van der Waals surface area contributed by atoms with Gasteiger partial charge in [-0.05, 0) is 67.9 Å². The van der Waals surface area contributed by atoms with Crippen molar-refractivity contribution in [1.82, 2.24) is 15.2 Å². The zero-order valence-electron chi connectivity index (χ0n) is 15.4. The molecule has 2 amide bonds. The van der Waals surface area contributed by atoms with Crippen molar-refractivity contribution in [2.45, 2.75) is 38.1 Å². The number of likely N-dealkylation sites (tertiary alicyclic amines) is 1. The Hall–Kier alpha value is -2.69. The SMILES string of the molecule is O=C(NC1CC1)c1ccc(CC2CCN(C(=O)c3ccncc3)CC2)cc1. The van der Waals surface area contributed by atoms with Gasteiger partial charge in [0.2, 0.25) is 0 Å². The van der Waals surface area contributed by atoms with Gasteiger partial charge in [-0.2, -0.15) is 0 Å². The molecule has 1 N–H and O–H groups in total. The summed E-state index contributed by atoms with van der Waals surface area (Å²) in [5, 5.41) is 3.02. The molecule has 0 bridgehead atoms. The van der Waals surface area contributed by atoms with Crippen molar-refractivity contribution in [3.8, 4) is 0 Å². The summed E-state index contributed by atoms with van der Waals surface area (Å²) in [6, 6.07) is 11.9. The number of pyridine rings is 1. The lowest BCUT2D eigenvalue weighted by Gasteiger charge is -2.32. The summed E-state index contributed by atoms with van der Waals surface area (Å²) in [6.07, 6.45) is 8.56. The quantitative estimate of drug-likeness (QED) is 0.888. The monoisotopic (exact) mass is 363 g/mol. The minimum atomic E-state index is 0.0342. The number of piperidine rings is 1. The maximum absolute atomic E-state index is 12.5. The highest BCUT2D eigenvalue weighted by Gasteiger charge is 2.25. The maximum atomic E-state index is 12.5. The Balaban J connectivity index is 1.27. The molecule has 2 aromatic rings. The van der Waals surface area contributed by atoms with Crippen LogP contribution in [0.3, 0.4) is 0 Å². The number of nitrogens with zero attached hydrogens (tertiary/aromatic N) is 2. The molecular weight excluding hydrogens is 338 g/mol. The summed E-state index contributed by atoms with van der Waals surface area (Å²) < 4.78 is 0. The smallest absolute Gasteiger partial charge is 0.253 e. The molecule has 140 valence electrons. The van der Waals surface area contributed by atoms with Crippen LogP contribution in [0.2, 0.25) is 0 Å². The van der Waals surface area contributed by atoms with Gasteiger partial charge in [-0.15, -0.1) is 0 Å². The average molecular weight is 363 g/mol. The predicted octanol–water partition coefficient (Wildman–Crippen LogP) is 3.07. The lowest BCUT2D eigenvalue weighted by molar-refractivity contribution is 0.0690. The third-order valence-corrected chi connectivity index (χ3v) is 5.48. The average Bonchev–Trinajstić information content (AvgIpc) is 3.53. The van der Waals surface area contributed by atoms with E-state index in [4.69, 9.17) is 0 Å². The number of rotatable bonds is 5. The first-order valence-corrected chi connectivity index (χ1v) is 9.78. The number of benzene rings is 1. The Bertz CT molecular complexity index is 792. The van der Waals surface area contributed by atoms with Crippen molar-refractivity contribution in [3.63, 3.8) is 0 Å². The van der Waals surface area contributed by atoms with Crippen molar-refractivity contribution in [3.05, 3.63) is 65.5 Å². The summed E-state index contributed by atoms with van der Waals surface area (Å²) in [5.74, 6) is 0.714. The van der Waals surface area contributed by atoms with Gasteiger partial charge in [0.05, 0.1) is 0 Å². The van der Waals surface area contributed by atoms with Crippen LogP contribution in [0.5, 0.6) is 0 Å². The number of aromatic nitrogens is 1. The van der Waals surface area contributed by atoms with Crippen molar-refractivity contribution >= 4 is 11.8 Å². The van der Waals surface area contributed by atoms with E-state index < -0.39 is 0 Å². The molecule has 0 radical (unpaired) electrons. The van der Waals surface area contributed by atoms with Gasteiger partial charge in [0.25, 0.3) is 11.8 Å². The molecule has 0 spiro atoms. The first-order valence-electron chi connectivity index (χ1n) is 9.78. The molecule has 5 heteroatoms. The van der Waals surface area contributed by atoms with Gasteiger partial charge in [-0.25, -0.2) is 0 Å². The van der Waals surface area contributed by atoms with Gasteiger partial charge < -0.3 is 10.2 Å². The third kappa shape index (κ3) is 4.54. The molecule has 2 fully saturated rings. The zero-order valence-corrected chi connectivity index (χ0v) is 15.4. The standard InChI is InChI=1S/C22H25N3O2/c26-21(24-20-5-6-20)18-3-1-16(2-4-18)15-17-9-13-25(14-10-17)22(27)19-7-11-23-12-8-19/h1-4,7-8,11-12,17,20H,5-6,9-10,13-15H2,(H,24,26). The number of hydrogen-bond acceptors (Lipinski definition) is 3. The van der Waals surface area contributed by atoms with E-state index in [-0.39, 0.29) is 11.8 Å². The van der Waals surface area contributed by atoms with E-state index in [0.29, 0.717) is 17.5 Å². The molecule has 0 atom stereocenters. The van der Waals surface area contributed by atoms with Crippen LogP contribution >= 0.6 is 0 Å². The summed E-state index contributed by atoms with van der Waals surface area (Å²) >= 11 is 0. The van der Waals surface area contributed by atoms with Crippen LogP contribution in [0, 0.1) is 5.92 Å². The van der Waals surface area contributed by atoms with Gasteiger partial charge in [-0.1, -0.05) is 12.1 Å². The molecule has 1 saturated heterocycles. The Labute approximate surface area is 159 Å². The van der Waals surface area contributed by atoms with Crippen LogP contribution in [0.25, 0.3) is 0 Å². The number of carbonyl (C=O) groups is 2. The van der Waals surface area contributed by atoms with E-state index in [1.54, 1.807) is 24.5 Å². The molecule has 4 rings (SSSR count). The number of hydrogen-bond donors (Lipinski definition) is 1. The highest BCUT2D eigenvalue weighted by molar-refractivity contribution is 5.94. The molecular formula is C22H25N3O2. The summed E-state index contributed by atoms with van der Waals surface area (Å²) in [7, 11) is 0. The van der Waals surface area contributed by atoms with Crippen LogP contribution in [0.4, 0.5) is 0 Å². The fourth-order valence-electron chi connectivity index (χ4n) is 3.64. The lowest BCUT2D eigenvalue weighted by Crippen LogP contribution is -2.38. The highest BCUT2D eigenvalue weighted by Crippen LogP contribution is 2.23. The van der Waals surface area contributed by atoms with Crippen molar-refractivity contribution in [2.75, 3.05) is 13.1 Å². The van der Waals surface area contributed by atoms with E-state index in [0.717, 1.165) is 50.8 Å². The van der Waals surface area contributed by atoms with E-state index in [2.05, 4.69) is 22.4 Å². The molecule has 2 aliphatic rings. The van der Waals surface area contributed by atoms with E-state index in [1.807, 2.05) is 17.0 Å². The topological polar surface area (TPSA) is 62.3 Å². The number of amides is 2. The molecule has 1 aromatic carbocycles. The van der Waals surface area contributed by atoms with E-state index in [9.17, 15) is 9.59 Å². The molecule has 0 unspecified atom stereocenters. The predicted molar refractivity (Wildman–Crippen MR) is 103 cm³/mol. The van der Waals surface area contributed by atoms with Crippen LogP contribution in [0.15, 0.2) is 48.8 Å². The van der Waals surface area contributed by atoms with Gasteiger partial charge in [-0.3, -0.25) is 14.6 Å². The zero-order chi connectivity index (χ0) is 18.6. The van der Waals surface area contributed by atoms with Gasteiger partial charge in [0.1, 0.15) is 0 Å². The largest absolute Gasteiger partial charge is 0.349 e. The van der Waals surface area contributed by atoms with Gasteiger partial charge >= 0.3 is 0 Å². The Kier molecular flexibility index (Phi) is 5.19. The van der Waals surface area contributed by atoms with Crippen LogP contribution < -0.4 is 5.32 Å².